The van der Waals surface area contributed by atoms with Gasteiger partial charge in [0.15, 0.2) is 0 Å². The van der Waals surface area contributed by atoms with E-state index in [2.05, 4.69) is 73.6 Å². The van der Waals surface area contributed by atoms with E-state index >= 15 is 0 Å². The summed E-state index contributed by atoms with van der Waals surface area (Å²) >= 11 is 12.9. The van der Waals surface area contributed by atoms with Crippen molar-refractivity contribution >= 4 is 34.0 Å². The van der Waals surface area contributed by atoms with Crippen LogP contribution in [0.5, 0.6) is 5.75 Å². The van der Waals surface area contributed by atoms with Gasteiger partial charge >= 0.3 is 0 Å². The molecule has 3 nitrogen and oxygen atoms in total. The van der Waals surface area contributed by atoms with Gasteiger partial charge < -0.3 is 9.26 Å². The minimum Gasteiger partial charge on any atom is -0.489 e. The Hall–Kier alpha value is -3.27. The van der Waals surface area contributed by atoms with E-state index in [-0.39, 0.29) is 5.92 Å². The number of nitrogens with zero attached hydrogens (tertiary/aromatic N) is 1. The van der Waals surface area contributed by atoms with E-state index in [1.54, 1.807) is 12.1 Å². The molecular weight excluding hydrogens is 465 g/mol. The molecule has 0 fully saturated rings. The second-order valence-corrected chi connectivity index (χ2v) is 9.31. The van der Waals surface area contributed by atoms with Crippen molar-refractivity contribution in [1.29, 1.82) is 0 Å². The van der Waals surface area contributed by atoms with Crippen LogP contribution in [0, 0.1) is 0 Å². The van der Waals surface area contributed by atoms with Crippen molar-refractivity contribution in [1.82, 2.24) is 5.16 Å². The van der Waals surface area contributed by atoms with Gasteiger partial charge in [0.2, 0.25) is 0 Å². The van der Waals surface area contributed by atoms with Crippen molar-refractivity contribution < 1.29 is 9.26 Å². The van der Waals surface area contributed by atoms with Crippen LogP contribution < -0.4 is 4.74 Å². The molecule has 5 rings (SSSR count). The Kier molecular flexibility index (Phi) is 6.32. The quantitative estimate of drug-likeness (QED) is 0.239. The van der Waals surface area contributed by atoms with Crippen molar-refractivity contribution in [3.63, 3.8) is 0 Å². The number of halogens is 2. The van der Waals surface area contributed by atoms with E-state index in [4.69, 9.17) is 32.5 Å². The molecule has 0 N–H and O–H groups in total. The molecule has 0 spiro atoms. The van der Waals surface area contributed by atoms with Gasteiger partial charge in [0.1, 0.15) is 23.8 Å². The maximum Gasteiger partial charge on any atom is 0.146 e. The summed E-state index contributed by atoms with van der Waals surface area (Å²) in [7, 11) is 0. The van der Waals surface area contributed by atoms with Gasteiger partial charge in [-0.25, -0.2) is 0 Å². The molecular formula is C29H23Cl2NO2. The first kappa shape index (κ1) is 22.5. The molecule has 1 aromatic heterocycles. The maximum absolute atomic E-state index is 6.45. The molecule has 0 aliphatic carbocycles. The average molecular weight is 488 g/mol. The number of rotatable bonds is 6. The van der Waals surface area contributed by atoms with Crippen molar-refractivity contribution in [2.24, 2.45) is 0 Å². The molecule has 0 unspecified atom stereocenters. The molecule has 0 atom stereocenters. The van der Waals surface area contributed by atoms with Gasteiger partial charge in [-0.3, -0.25) is 0 Å². The first-order valence-corrected chi connectivity index (χ1v) is 11.9. The van der Waals surface area contributed by atoms with E-state index in [1.807, 2.05) is 18.2 Å². The third-order valence-corrected chi connectivity index (χ3v) is 6.49. The van der Waals surface area contributed by atoms with Crippen LogP contribution in [0.1, 0.15) is 31.1 Å². The summed E-state index contributed by atoms with van der Waals surface area (Å²) in [6.45, 7) is 4.41. The van der Waals surface area contributed by atoms with Crippen LogP contribution in [-0.2, 0) is 6.61 Å². The van der Waals surface area contributed by atoms with Gasteiger partial charge in [-0.2, -0.15) is 0 Å². The second kappa shape index (κ2) is 9.54. The number of hydrogen-bond acceptors (Lipinski definition) is 3. The highest BCUT2D eigenvalue weighted by molar-refractivity contribution is 6.39. The summed E-state index contributed by atoms with van der Waals surface area (Å²) in [6.07, 6.45) is 0. The van der Waals surface area contributed by atoms with Crippen molar-refractivity contribution in [3.8, 4) is 28.1 Å². The Morgan fingerprint density at radius 1 is 0.794 bits per heavy atom. The zero-order valence-electron chi connectivity index (χ0n) is 18.9. The lowest BCUT2D eigenvalue weighted by molar-refractivity contribution is 0.298. The van der Waals surface area contributed by atoms with Crippen LogP contribution >= 0.6 is 23.2 Å². The molecule has 0 saturated heterocycles. The monoisotopic (exact) mass is 487 g/mol. The highest BCUT2D eigenvalue weighted by Gasteiger charge is 2.23. The third-order valence-electron chi connectivity index (χ3n) is 5.86. The highest BCUT2D eigenvalue weighted by atomic mass is 35.5. The number of ether oxygens (including phenoxy) is 1. The van der Waals surface area contributed by atoms with Crippen LogP contribution in [0.25, 0.3) is 33.2 Å². The molecule has 0 bridgehead atoms. The van der Waals surface area contributed by atoms with Gasteiger partial charge in [0.05, 0.1) is 15.6 Å². The van der Waals surface area contributed by atoms with E-state index < -0.39 is 0 Å². The predicted octanol–water partition coefficient (Wildman–Crippen LogP) is 9.17. The zero-order valence-corrected chi connectivity index (χ0v) is 20.4. The third kappa shape index (κ3) is 4.42. The van der Waals surface area contributed by atoms with Crippen LogP contribution in [0.15, 0.2) is 89.5 Å². The van der Waals surface area contributed by atoms with Gasteiger partial charge in [-0.05, 0) is 52.2 Å². The lowest BCUT2D eigenvalue weighted by Gasteiger charge is -2.11. The summed E-state index contributed by atoms with van der Waals surface area (Å²) in [5.74, 6) is 1.66. The first-order chi connectivity index (χ1) is 16.5. The zero-order chi connectivity index (χ0) is 23.7. The van der Waals surface area contributed by atoms with Gasteiger partial charge in [0, 0.05) is 11.5 Å². The summed E-state index contributed by atoms with van der Waals surface area (Å²) in [5, 5.41) is 7.80. The van der Waals surface area contributed by atoms with E-state index in [0.717, 1.165) is 22.6 Å². The predicted molar refractivity (Wildman–Crippen MR) is 140 cm³/mol. The first-order valence-electron chi connectivity index (χ1n) is 11.2. The fourth-order valence-electron chi connectivity index (χ4n) is 4.10. The van der Waals surface area contributed by atoms with Crippen LogP contribution in [0.4, 0.5) is 0 Å². The van der Waals surface area contributed by atoms with Crippen molar-refractivity contribution in [3.05, 3.63) is 106 Å². The molecule has 0 aliphatic rings. The molecule has 4 aromatic carbocycles. The van der Waals surface area contributed by atoms with Gasteiger partial charge in [-0.1, -0.05) is 96.8 Å². The fourth-order valence-corrected chi connectivity index (χ4v) is 4.68. The largest absolute Gasteiger partial charge is 0.489 e. The summed E-state index contributed by atoms with van der Waals surface area (Å²) < 4.78 is 11.8. The highest BCUT2D eigenvalue weighted by Crippen LogP contribution is 2.39. The second-order valence-electron chi connectivity index (χ2n) is 8.50. The summed E-state index contributed by atoms with van der Waals surface area (Å²) in [5.41, 5.74) is 4.43. The molecule has 0 saturated carbocycles. The molecule has 0 radical (unpaired) electrons. The Labute approximate surface area is 208 Å². The SMILES string of the molecule is CC(C)c1onc(-c2c(Cl)cccc2Cl)c1COc1ccc(-c2ccc3ccccc3c2)cc1. The molecule has 1 heterocycles. The lowest BCUT2D eigenvalue weighted by Crippen LogP contribution is -2.01. The van der Waals surface area contributed by atoms with Crippen LogP contribution in [0.3, 0.4) is 0 Å². The molecule has 5 heteroatoms. The summed E-state index contributed by atoms with van der Waals surface area (Å²) in [4.78, 5) is 0. The maximum atomic E-state index is 6.45. The van der Waals surface area contributed by atoms with E-state index in [1.165, 1.54) is 16.3 Å². The van der Waals surface area contributed by atoms with Crippen LogP contribution in [0.2, 0.25) is 10.0 Å². The normalized spacial score (nSPS) is 11.3. The molecule has 5 aromatic rings. The minimum absolute atomic E-state index is 0.136. The minimum atomic E-state index is 0.136. The number of hydrogen-bond donors (Lipinski definition) is 0. The number of fused-ring (bicyclic) bond motifs is 1. The Balaban J connectivity index is 1.40. The molecule has 0 aliphatic heterocycles. The number of benzene rings is 4. The fraction of sp³-hybridized carbons (Fsp3) is 0.138. The summed E-state index contributed by atoms with van der Waals surface area (Å²) in [6, 6.07) is 28.4. The lowest BCUT2D eigenvalue weighted by atomic mass is 10.0. The molecule has 34 heavy (non-hydrogen) atoms. The van der Waals surface area contributed by atoms with E-state index in [9.17, 15) is 0 Å². The Bertz CT molecular complexity index is 1440. The topological polar surface area (TPSA) is 35.3 Å². The molecule has 170 valence electrons. The average Bonchev–Trinajstić information content (AvgIpc) is 3.26. The molecule has 0 amide bonds. The number of aromatic nitrogens is 1. The Morgan fingerprint density at radius 2 is 1.47 bits per heavy atom. The Morgan fingerprint density at radius 3 is 2.18 bits per heavy atom. The van der Waals surface area contributed by atoms with Gasteiger partial charge in [-0.15, -0.1) is 0 Å². The van der Waals surface area contributed by atoms with Crippen molar-refractivity contribution in [2.45, 2.75) is 26.4 Å². The van der Waals surface area contributed by atoms with E-state index in [0.29, 0.717) is 27.9 Å². The van der Waals surface area contributed by atoms with Crippen LogP contribution in [-0.4, -0.2) is 5.16 Å². The van der Waals surface area contributed by atoms with Crippen molar-refractivity contribution in [2.75, 3.05) is 0 Å². The standard InChI is InChI=1S/C29H23Cl2NO2/c1-18(2)29-24(28(32-34-29)27-25(30)8-5-9-26(27)31)17-33-23-14-12-20(13-15-23)22-11-10-19-6-3-4-7-21(19)16-22/h3-16,18H,17H2,1-2H3. The van der Waals surface area contributed by atoms with Gasteiger partial charge in [0.25, 0.3) is 0 Å². The smallest absolute Gasteiger partial charge is 0.146 e.